The number of likely N-dealkylation sites (N-methyl/N-ethyl adjacent to an activating group) is 1. The van der Waals surface area contributed by atoms with Gasteiger partial charge in [0, 0.05) is 5.56 Å². The first-order valence-corrected chi connectivity index (χ1v) is 5.63. The van der Waals surface area contributed by atoms with Crippen LogP contribution < -0.4 is 5.32 Å². The van der Waals surface area contributed by atoms with Crippen LogP contribution >= 0.6 is 23.2 Å². The van der Waals surface area contributed by atoms with Crippen molar-refractivity contribution in [2.75, 3.05) is 13.6 Å². The SMILES string of the molecule is CNCCc1ccc(Cl)c(Cl)c1C(C)O. The summed E-state index contributed by atoms with van der Waals surface area (Å²) in [5, 5.41) is 13.6. The molecule has 1 unspecified atom stereocenters. The summed E-state index contributed by atoms with van der Waals surface area (Å²) in [4.78, 5) is 0. The Labute approximate surface area is 100 Å². The van der Waals surface area contributed by atoms with Gasteiger partial charge in [0.1, 0.15) is 0 Å². The second-order valence-electron chi connectivity index (χ2n) is 3.46. The molecule has 0 amide bonds. The Balaban J connectivity index is 3.09. The minimum atomic E-state index is -0.594. The van der Waals surface area contributed by atoms with Gasteiger partial charge in [0.2, 0.25) is 0 Å². The van der Waals surface area contributed by atoms with E-state index in [1.54, 1.807) is 13.0 Å². The number of nitrogens with one attached hydrogen (secondary N) is 1. The van der Waals surface area contributed by atoms with Crippen molar-refractivity contribution >= 4 is 23.2 Å². The van der Waals surface area contributed by atoms with E-state index in [1.807, 2.05) is 13.1 Å². The average Bonchev–Trinajstić information content (AvgIpc) is 2.19. The Morgan fingerprint density at radius 2 is 2.07 bits per heavy atom. The molecule has 15 heavy (non-hydrogen) atoms. The van der Waals surface area contributed by atoms with Crippen LogP contribution in [0.2, 0.25) is 10.0 Å². The van der Waals surface area contributed by atoms with E-state index in [0.29, 0.717) is 10.0 Å². The van der Waals surface area contributed by atoms with Gasteiger partial charge in [-0.25, -0.2) is 0 Å². The van der Waals surface area contributed by atoms with Crippen LogP contribution in [0.15, 0.2) is 12.1 Å². The van der Waals surface area contributed by atoms with Crippen molar-refractivity contribution in [3.8, 4) is 0 Å². The number of hydrogen-bond acceptors (Lipinski definition) is 2. The third kappa shape index (κ3) is 3.08. The lowest BCUT2D eigenvalue weighted by atomic mass is 10.0. The van der Waals surface area contributed by atoms with Crippen LogP contribution in [0.3, 0.4) is 0 Å². The lowest BCUT2D eigenvalue weighted by Crippen LogP contribution is -2.12. The summed E-state index contributed by atoms with van der Waals surface area (Å²) in [6.45, 7) is 2.54. The molecule has 2 N–H and O–H groups in total. The molecule has 0 spiro atoms. The van der Waals surface area contributed by atoms with Crippen molar-refractivity contribution in [1.29, 1.82) is 0 Å². The Morgan fingerprint density at radius 3 is 2.60 bits per heavy atom. The predicted molar refractivity (Wildman–Crippen MR) is 64.7 cm³/mol. The van der Waals surface area contributed by atoms with E-state index in [-0.39, 0.29) is 0 Å². The molecule has 0 heterocycles. The lowest BCUT2D eigenvalue weighted by molar-refractivity contribution is 0.198. The third-order valence-electron chi connectivity index (χ3n) is 2.29. The molecule has 0 aliphatic carbocycles. The first-order chi connectivity index (χ1) is 7.07. The molecule has 1 atom stereocenters. The van der Waals surface area contributed by atoms with Crippen LogP contribution in [0.5, 0.6) is 0 Å². The summed E-state index contributed by atoms with van der Waals surface area (Å²) in [6, 6.07) is 3.67. The molecule has 0 bridgehead atoms. The number of aliphatic hydroxyl groups excluding tert-OH is 1. The molecule has 1 aromatic rings. The minimum absolute atomic E-state index is 0.459. The predicted octanol–water partition coefficient (Wildman–Crippen LogP) is 2.81. The van der Waals surface area contributed by atoms with E-state index in [4.69, 9.17) is 23.2 Å². The molecule has 0 aromatic heterocycles. The zero-order chi connectivity index (χ0) is 11.4. The number of rotatable bonds is 4. The highest BCUT2D eigenvalue weighted by Gasteiger charge is 2.14. The third-order valence-corrected chi connectivity index (χ3v) is 3.10. The first kappa shape index (κ1) is 12.8. The maximum absolute atomic E-state index is 9.65. The second kappa shape index (κ2) is 5.71. The molecule has 0 fully saturated rings. The van der Waals surface area contributed by atoms with Crippen molar-refractivity contribution in [3.63, 3.8) is 0 Å². The van der Waals surface area contributed by atoms with E-state index in [1.165, 1.54) is 0 Å². The molecule has 0 aliphatic heterocycles. The molecule has 1 aromatic carbocycles. The average molecular weight is 248 g/mol. The highest BCUT2D eigenvalue weighted by Crippen LogP contribution is 2.33. The quantitative estimate of drug-likeness (QED) is 0.858. The topological polar surface area (TPSA) is 32.3 Å². The minimum Gasteiger partial charge on any atom is -0.389 e. The van der Waals surface area contributed by atoms with Crippen molar-refractivity contribution in [3.05, 3.63) is 33.3 Å². The maximum atomic E-state index is 9.65. The smallest absolute Gasteiger partial charge is 0.0779 e. The van der Waals surface area contributed by atoms with E-state index in [0.717, 1.165) is 24.1 Å². The summed E-state index contributed by atoms with van der Waals surface area (Å²) >= 11 is 12.0. The standard InChI is InChI=1S/C11H15Cl2NO/c1-7(15)10-8(5-6-14-2)3-4-9(12)11(10)13/h3-4,7,14-15H,5-6H2,1-2H3. The Morgan fingerprint density at radius 1 is 1.40 bits per heavy atom. The van der Waals surface area contributed by atoms with Crippen LogP contribution in [0.4, 0.5) is 0 Å². The molecule has 0 aliphatic rings. The van der Waals surface area contributed by atoms with Crippen molar-refractivity contribution in [1.82, 2.24) is 5.32 Å². The normalized spacial score (nSPS) is 12.9. The lowest BCUT2D eigenvalue weighted by Gasteiger charge is -2.14. The summed E-state index contributed by atoms with van der Waals surface area (Å²) in [5.74, 6) is 0. The molecule has 1 rings (SSSR count). The summed E-state index contributed by atoms with van der Waals surface area (Å²) in [7, 11) is 1.89. The van der Waals surface area contributed by atoms with Crippen LogP contribution in [-0.4, -0.2) is 18.7 Å². The fourth-order valence-electron chi connectivity index (χ4n) is 1.54. The number of benzene rings is 1. The van der Waals surface area contributed by atoms with Gasteiger partial charge in [-0.05, 0) is 38.6 Å². The van der Waals surface area contributed by atoms with Crippen molar-refractivity contribution in [2.45, 2.75) is 19.4 Å². The monoisotopic (exact) mass is 247 g/mol. The van der Waals surface area contributed by atoms with Gasteiger partial charge < -0.3 is 10.4 Å². The van der Waals surface area contributed by atoms with Gasteiger partial charge >= 0.3 is 0 Å². The van der Waals surface area contributed by atoms with Crippen LogP contribution in [0, 0.1) is 0 Å². The summed E-state index contributed by atoms with van der Waals surface area (Å²) in [6.07, 6.45) is 0.233. The van der Waals surface area contributed by atoms with E-state index in [9.17, 15) is 5.11 Å². The van der Waals surface area contributed by atoms with Crippen LogP contribution in [0.25, 0.3) is 0 Å². The molecule has 2 nitrogen and oxygen atoms in total. The fraction of sp³-hybridized carbons (Fsp3) is 0.455. The molecule has 4 heteroatoms. The van der Waals surface area contributed by atoms with Crippen molar-refractivity contribution in [2.24, 2.45) is 0 Å². The second-order valence-corrected chi connectivity index (χ2v) is 4.25. The molecule has 0 saturated heterocycles. The Hall–Kier alpha value is -0.280. The molecule has 0 saturated carbocycles. The molecule has 0 radical (unpaired) electrons. The largest absolute Gasteiger partial charge is 0.389 e. The van der Waals surface area contributed by atoms with Gasteiger partial charge in [-0.3, -0.25) is 0 Å². The van der Waals surface area contributed by atoms with Gasteiger partial charge in [0.15, 0.2) is 0 Å². The van der Waals surface area contributed by atoms with Gasteiger partial charge in [-0.1, -0.05) is 29.3 Å². The van der Waals surface area contributed by atoms with Crippen LogP contribution in [-0.2, 0) is 6.42 Å². The number of aliphatic hydroxyl groups is 1. The maximum Gasteiger partial charge on any atom is 0.0779 e. The number of halogens is 2. The van der Waals surface area contributed by atoms with Gasteiger partial charge in [0.05, 0.1) is 16.1 Å². The fourth-order valence-corrected chi connectivity index (χ4v) is 2.04. The zero-order valence-corrected chi connectivity index (χ0v) is 10.4. The highest BCUT2D eigenvalue weighted by atomic mass is 35.5. The van der Waals surface area contributed by atoms with Crippen LogP contribution in [0.1, 0.15) is 24.2 Å². The number of hydrogen-bond donors (Lipinski definition) is 2. The Kier molecular flexibility index (Phi) is 4.87. The first-order valence-electron chi connectivity index (χ1n) is 4.87. The van der Waals surface area contributed by atoms with E-state index >= 15 is 0 Å². The van der Waals surface area contributed by atoms with Crippen molar-refractivity contribution < 1.29 is 5.11 Å². The van der Waals surface area contributed by atoms with Gasteiger partial charge in [-0.15, -0.1) is 0 Å². The molecular formula is C11H15Cl2NO. The summed E-state index contributed by atoms with van der Waals surface area (Å²) < 4.78 is 0. The molecular weight excluding hydrogens is 233 g/mol. The zero-order valence-electron chi connectivity index (χ0n) is 8.85. The Bertz CT molecular complexity index is 340. The highest BCUT2D eigenvalue weighted by molar-refractivity contribution is 6.42. The van der Waals surface area contributed by atoms with Gasteiger partial charge in [0.25, 0.3) is 0 Å². The summed E-state index contributed by atoms with van der Waals surface area (Å²) in [5.41, 5.74) is 1.77. The van der Waals surface area contributed by atoms with E-state index < -0.39 is 6.10 Å². The van der Waals surface area contributed by atoms with E-state index in [2.05, 4.69) is 5.32 Å². The molecule has 84 valence electrons. The van der Waals surface area contributed by atoms with Gasteiger partial charge in [-0.2, -0.15) is 0 Å².